The van der Waals surface area contributed by atoms with Crippen molar-refractivity contribution >= 4 is 13.7 Å². The summed E-state index contributed by atoms with van der Waals surface area (Å²) in [4.78, 5) is 22.6. The van der Waals surface area contributed by atoms with E-state index in [1.54, 1.807) is 6.08 Å². The van der Waals surface area contributed by atoms with Gasteiger partial charge in [-0.1, -0.05) is 144 Å². The van der Waals surface area contributed by atoms with Gasteiger partial charge in [0.1, 0.15) is 0 Å². The first-order valence-corrected chi connectivity index (χ1v) is 21.2. The van der Waals surface area contributed by atoms with Crippen LogP contribution in [0, 0.1) is 0 Å². The maximum absolute atomic E-state index is 12.7. The van der Waals surface area contributed by atoms with Crippen molar-refractivity contribution < 1.29 is 28.4 Å². The molecule has 3 atom stereocenters. The van der Waals surface area contributed by atoms with Crippen LogP contribution in [0.3, 0.4) is 0 Å². The smallest absolute Gasteiger partial charge is 0.387 e. The van der Waals surface area contributed by atoms with Crippen LogP contribution in [-0.2, 0) is 18.4 Å². The van der Waals surface area contributed by atoms with Crippen LogP contribution in [0.15, 0.2) is 85.1 Å². The first kappa shape index (κ1) is 48.7. The van der Waals surface area contributed by atoms with Gasteiger partial charge in [-0.2, -0.15) is 0 Å². The van der Waals surface area contributed by atoms with Crippen molar-refractivity contribution in [3.63, 3.8) is 0 Å². The molecule has 0 aliphatic rings. The average Bonchev–Trinajstić information content (AvgIpc) is 3.12. The molecule has 0 radical (unpaired) electrons. The number of allylic oxidation sites excluding steroid dienone is 13. The Balaban J connectivity index is 4.33. The number of phosphoric acid groups is 1. The van der Waals surface area contributed by atoms with E-state index in [0.717, 1.165) is 89.9 Å². The summed E-state index contributed by atoms with van der Waals surface area (Å²) in [5.41, 5.74) is 5.35. The van der Waals surface area contributed by atoms with Crippen molar-refractivity contribution in [1.82, 2.24) is 5.32 Å². The van der Waals surface area contributed by atoms with E-state index >= 15 is 0 Å². The highest BCUT2D eigenvalue weighted by atomic mass is 31.2. The summed E-state index contributed by atoms with van der Waals surface area (Å²) in [6.07, 6.45) is 49.2. The zero-order valence-corrected chi connectivity index (χ0v) is 32.9. The summed E-state index contributed by atoms with van der Waals surface area (Å²) in [5, 5.41) is 13.6. The standard InChI is InChI=1S/C42H73N2O6P/c1-3-5-7-9-11-13-15-16-17-18-19-20-21-22-23-24-26-28-30-32-34-36-42(46)44-40(39-50-51(47,48)49-38-37-43)41(45)35-33-31-29-27-25-14-12-10-8-6-4-2/h5,7,11,13,16-17,19-20,22-23,25,27,33,35,40-41,45H,3-4,6,8-10,12,14-15,18,21,24,26,28-32,34,36-39,43H2,1-2H3,(H,44,46)(H,47,48)/b7-5-,13-11-,17-16-,20-19-,23-22-,27-25+,35-33+. The van der Waals surface area contributed by atoms with Crippen molar-refractivity contribution in [1.29, 1.82) is 0 Å². The maximum atomic E-state index is 12.7. The zero-order chi connectivity index (χ0) is 37.5. The number of hydrogen-bond donors (Lipinski definition) is 4. The summed E-state index contributed by atoms with van der Waals surface area (Å²) in [7, 11) is -4.35. The van der Waals surface area contributed by atoms with Gasteiger partial charge in [0, 0.05) is 13.0 Å². The highest BCUT2D eigenvalue weighted by Crippen LogP contribution is 2.43. The normalized spacial score (nSPS) is 15.2. The molecule has 9 heteroatoms. The molecule has 0 aromatic heterocycles. The van der Waals surface area contributed by atoms with Crippen molar-refractivity contribution in [3.05, 3.63) is 85.1 Å². The third-order valence-electron chi connectivity index (χ3n) is 7.95. The lowest BCUT2D eigenvalue weighted by molar-refractivity contribution is -0.123. The fraction of sp³-hybridized carbons (Fsp3) is 0.643. The third-order valence-corrected chi connectivity index (χ3v) is 8.94. The SMILES string of the molecule is CC/C=C\C/C=C\C/C=C\C/C=C\C/C=C\CCCCCCCC(=O)NC(COP(=O)(O)OCCN)C(O)/C=C/CC/C=C/CCCCCCC. The Labute approximate surface area is 311 Å². The number of nitrogens with two attached hydrogens (primary N) is 1. The molecule has 0 fully saturated rings. The van der Waals surface area contributed by atoms with Crippen molar-refractivity contribution in [2.75, 3.05) is 19.8 Å². The first-order valence-electron chi connectivity index (χ1n) is 19.7. The molecular formula is C42H73N2O6P. The van der Waals surface area contributed by atoms with Gasteiger partial charge < -0.3 is 21.1 Å². The second kappa shape index (κ2) is 37.4. The van der Waals surface area contributed by atoms with E-state index in [2.05, 4.69) is 92.1 Å². The van der Waals surface area contributed by atoms with E-state index < -0.39 is 20.0 Å². The predicted octanol–water partition coefficient (Wildman–Crippen LogP) is 10.7. The fourth-order valence-electron chi connectivity index (χ4n) is 4.99. The molecular weight excluding hydrogens is 659 g/mol. The Morgan fingerprint density at radius 3 is 1.75 bits per heavy atom. The van der Waals surface area contributed by atoms with Gasteiger partial charge in [-0.05, 0) is 77.0 Å². The Morgan fingerprint density at radius 2 is 1.16 bits per heavy atom. The van der Waals surface area contributed by atoms with Gasteiger partial charge in [-0.25, -0.2) is 4.57 Å². The lowest BCUT2D eigenvalue weighted by Gasteiger charge is -2.23. The molecule has 0 aromatic carbocycles. The number of phosphoric ester groups is 1. The minimum atomic E-state index is -4.35. The van der Waals surface area contributed by atoms with Crippen LogP contribution >= 0.6 is 7.82 Å². The van der Waals surface area contributed by atoms with Crippen molar-refractivity contribution in [3.8, 4) is 0 Å². The fourth-order valence-corrected chi connectivity index (χ4v) is 5.75. The molecule has 0 saturated carbocycles. The van der Waals surface area contributed by atoms with E-state index in [1.165, 1.54) is 32.1 Å². The summed E-state index contributed by atoms with van der Waals surface area (Å²) >= 11 is 0. The number of aliphatic hydroxyl groups is 1. The van der Waals surface area contributed by atoms with Gasteiger partial charge in [0.15, 0.2) is 0 Å². The minimum absolute atomic E-state index is 0.0656. The number of carbonyl (C=O) groups is 1. The lowest BCUT2D eigenvalue weighted by Crippen LogP contribution is -2.45. The number of unbranched alkanes of at least 4 members (excludes halogenated alkanes) is 11. The van der Waals surface area contributed by atoms with Crippen LogP contribution in [0.1, 0.15) is 142 Å². The van der Waals surface area contributed by atoms with Crippen LogP contribution in [0.2, 0.25) is 0 Å². The maximum Gasteiger partial charge on any atom is 0.472 e. The number of aliphatic hydroxyl groups excluding tert-OH is 1. The number of hydrogen-bond acceptors (Lipinski definition) is 6. The summed E-state index contributed by atoms with van der Waals surface area (Å²) in [6.45, 7) is 3.92. The molecule has 0 aliphatic heterocycles. The molecule has 1 amide bonds. The number of carbonyl (C=O) groups excluding carboxylic acids is 1. The predicted molar refractivity (Wildman–Crippen MR) is 216 cm³/mol. The minimum Gasteiger partial charge on any atom is -0.387 e. The molecule has 3 unspecified atom stereocenters. The van der Waals surface area contributed by atoms with E-state index in [-0.39, 0.29) is 25.7 Å². The van der Waals surface area contributed by atoms with Gasteiger partial charge in [0.25, 0.3) is 0 Å². The zero-order valence-electron chi connectivity index (χ0n) is 32.1. The average molecular weight is 733 g/mol. The Morgan fingerprint density at radius 1 is 0.667 bits per heavy atom. The molecule has 0 spiro atoms. The van der Waals surface area contributed by atoms with E-state index in [0.29, 0.717) is 6.42 Å². The van der Waals surface area contributed by atoms with Crippen molar-refractivity contribution in [2.45, 2.75) is 154 Å². The molecule has 0 bridgehead atoms. The Hall–Kier alpha value is -2.32. The van der Waals surface area contributed by atoms with Gasteiger partial charge in [0.2, 0.25) is 5.91 Å². The molecule has 0 saturated heterocycles. The van der Waals surface area contributed by atoms with Crippen LogP contribution < -0.4 is 11.1 Å². The molecule has 8 nitrogen and oxygen atoms in total. The van der Waals surface area contributed by atoms with Gasteiger partial charge in [-0.3, -0.25) is 13.8 Å². The molecule has 292 valence electrons. The summed E-state index contributed by atoms with van der Waals surface area (Å²) < 4.78 is 22.0. The molecule has 0 aromatic rings. The van der Waals surface area contributed by atoms with E-state index in [9.17, 15) is 19.4 Å². The molecule has 0 heterocycles. The second-order valence-corrected chi connectivity index (χ2v) is 14.2. The van der Waals surface area contributed by atoms with Gasteiger partial charge >= 0.3 is 7.82 Å². The molecule has 5 N–H and O–H groups in total. The monoisotopic (exact) mass is 733 g/mol. The number of amides is 1. The van der Waals surface area contributed by atoms with Crippen molar-refractivity contribution in [2.24, 2.45) is 5.73 Å². The van der Waals surface area contributed by atoms with Crippen LogP contribution in [0.25, 0.3) is 0 Å². The second-order valence-electron chi connectivity index (χ2n) is 12.7. The van der Waals surface area contributed by atoms with Crippen LogP contribution in [-0.4, -0.2) is 47.8 Å². The number of nitrogens with one attached hydrogen (secondary N) is 1. The van der Waals surface area contributed by atoms with Gasteiger partial charge in [-0.15, -0.1) is 0 Å². The number of rotatable bonds is 35. The third kappa shape index (κ3) is 35.9. The molecule has 0 rings (SSSR count). The highest BCUT2D eigenvalue weighted by molar-refractivity contribution is 7.47. The molecule has 51 heavy (non-hydrogen) atoms. The van der Waals surface area contributed by atoms with Crippen LogP contribution in [0.5, 0.6) is 0 Å². The summed E-state index contributed by atoms with van der Waals surface area (Å²) in [6, 6.07) is -0.891. The quantitative estimate of drug-likeness (QED) is 0.0290. The lowest BCUT2D eigenvalue weighted by atomic mass is 10.1. The molecule has 0 aliphatic carbocycles. The first-order chi connectivity index (χ1) is 24.9. The topological polar surface area (TPSA) is 131 Å². The Bertz CT molecular complexity index is 1070. The largest absolute Gasteiger partial charge is 0.472 e. The highest BCUT2D eigenvalue weighted by Gasteiger charge is 2.26. The van der Waals surface area contributed by atoms with Gasteiger partial charge in [0.05, 0.1) is 25.4 Å². The van der Waals surface area contributed by atoms with E-state index in [4.69, 9.17) is 14.8 Å². The summed E-state index contributed by atoms with van der Waals surface area (Å²) in [5.74, 6) is -0.229. The van der Waals surface area contributed by atoms with Crippen LogP contribution in [0.4, 0.5) is 0 Å². The Kier molecular flexibility index (Phi) is 35.7. The van der Waals surface area contributed by atoms with E-state index in [1.807, 2.05) is 6.08 Å².